The Hall–Kier alpha value is -2.63. The Bertz CT molecular complexity index is 736. The number of hydrogen-bond acceptors (Lipinski definition) is 4. The average molecular weight is 313 g/mol. The van der Waals surface area contributed by atoms with Crippen LogP contribution in [0.25, 0.3) is 0 Å². The second kappa shape index (κ2) is 6.64. The van der Waals surface area contributed by atoms with E-state index in [0.29, 0.717) is 6.54 Å². The number of nitrogens with one attached hydrogen (secondary N) is 1. The lowest BCUT2D eigenvalue weighted by Gasteiger charge is -2.25. The van der Waals surface area contributed by atoms with Gasteiger partial charge in [0, 0.05) is 18.7 Å². The summed E-state index contributed by atoms with van der Waals surface area (Å²) >= 11 is 0. The molecule has 0 saturated carbocycles. The molecule has 120 valence electrons. The Balaban J connectivity index is 1.78. The summed E-state index contributed by atoms with van der Waals surface area (Å²) in [5, 5.41) is 6.16. The number of amides is 1. The van der Waals surface area contributed by atoms with Crippen molar-refractivity contribution in [3.05, 3.63) is 58.0 Å². The van der Waals surface area contributed by atoms with Crippen molar-refractivity contribution in [3.63, 3.8) is 0 Å². The van der Waals surface area contributed by atoms with E-state index in [0.717, 1.165) is 30.6 Å². The Morgan fingerprint density at radius 1 is 1.35 bits per heavy atom. The molecular formula is C17H19N3O3. The molecule has 3 rings (SSSR count). The number of para-hydroxylation sites is 1. The van der Waals surface area contributed by atoms with Crippen LogP contribution in [0, 0.1) is 0 Å². The van der Waals surface area contributed by atoms with Crippen LogP contribution in [0.4, 0.5) is 0 Å². The van der Waals surface area contributed by atoms with Crippen LogP contribution in [-0.2, 0) is 6.42 Å². The van der Waals surface area contributed by atoms with E-state index in [1.165, 1.54) is 12.1 Å². The quantitative estimate of drug-likeness (QED) is 0.931. The maximum atomic E-state index is 12.6. The molecule has 0 radical (unpaired) electrons. The van der Waals surface area contributed by atoms with Crippen molar-refractivity contribution in [2.45, 2.75) is 25.3 Å². The summed E-state index contributed by atoms with van der Waals surface area (Å²) in [7, 11) is 1.65. The van der Waals surface area contributed by atoms with Crippen LogP contribution in [-0.4, -0.2) is 40.7 Å². The number of H-pyrrole nitrogens is 1. The normalized spacial score (nSPS) is 17.3. The number of ether oxygens (including phenoxy) is 1. The van der Waals surface area contributed by atoms with Gasteiger partial charge in [-0.1, -0.05) is 18.2 Å². The Morgan fingerprint density at radius 3 is 2.91 bits per heavy atom. The van der Waals surface area contributed by atoms with Crippen LogP contribution in [0.2, 0.25) is 0 Å². The maximum Gasteiger partial charge on any atom is 0.274 e. The summed E-state index contributed by atoms with van der Waals surface area (Å²) in [6.45, 7) is 0.708. The number of methoxy groups -OCH3 is 1. The Kier molecular flexibility index (Phi) is 4.41. The van der Waals surface area contributed by atoms with Gasteiger partial charge >= 0.3 is 0 Å². The summed E-state index contributed by atoms with van der Waals surface area (Å²) in [5.41, 5.74) is 1.05. The standard InChI is InChI=1S/C17H19N3O3/c1-23-15-7-3-2-5-12(15)11-13-6-4-10-20(13)17(22)14-8-9-16(21)19-18-14/h2-3,5,7-9,13H,4,6,10-11H2,1H3,(H,19,21). The van der Waals surface area contributed by atoms with Crippen molar-refractivity contribution in [2.75, 3.05) is 13.7 Å². The summed E-state index contributed by atoms with van der Waals surface area (Å²) < 4.78 is 5.39. The first-order valence-corrected chi connectivity index (χ1v) is 7.67. The van der Waals surface area contributed by atoms with E-state index in [1.807, 2.05) is 29.2 Å². The van der Waals surface area contributed by atoms with Gasteiger partial charge in [-0.15, -0.1) is 0 Å². The number of rotatable bonds is 4. The van der Waals surface area contributed by atoms with Gasteiger partial charge in [0.2, 0.25) is 0 Å². The highest BCUT2D eigenvalue weighted by Gasteiger charge is 2.30. The van der Waals surface area contributed by atoms with Crippen LogP contribution >= 0.6 is 0 Å². The fourth-order valence-electron chi connectivity index (χ4n) is 3.05. The smallest absolute Gasteiger partial charge is 0.274 e. The molecule has 23 heavy (non-hydrogen) atoms. The van der Waals surface area contributed by atoms with Crippen molar-refractivity contribution in [3.8, 4) is 5.75 Å². The third-order valence-electron chi connectivity index (χ3n) is 4.18. The van der Waals surface area contributed by atoms with Crippen molar-refractivity contribution in [1.29, 1.82) is 0 Å². The molecule has 1 N–H and O–H groups in total. The molecule has 1 atom stereocenters. The molecular weight excluding hydrogens is 294 g/mol. The van der Waals surface area contributed by atoms with Gasteiger partial charge in [-0.2, -0.15) is 5.10 Å². The number of likely N-dealkylation sites (tertiary alicyclic amines) is 1. The van der Waals surface area contributed by atoms with Gasteiger partial charge < -0.3 is 9.64 Å². The van der Waals surface area contributed by atoms with Gasteiger partial charge in [0.05, 0.1) is 7.11 Å². The van der Waals surface area contributed by atoms with Crippen molar-refractivity contribution in [2.24, 2.45) is 0 Å². The Labute approximate surface area is 134 Å². The molecule has 0 aliphatic carbocycles. The zero-order valence-corrected chi connectivity index (χ0v) is 13.0. The molecule has 1 aliphatic heterocycles. The van der Waals surface area contributed by atoms with Crippen LogP contribution in [0.15, 0.2) is 41.2 Å². The minimum atomic E-state index is -0.312. The lowest BCUT2D eigenvalue weighted by molar-refractivity contribution is 0.0728. The fourth-order valence-corrected chi connectivity index (χ4v) is 3.05. The van der Waals surface area contributed by atoms with Gasteiger partial charge in [0.15, 0.2) is 0 Å². The van der Waals surface area contributed by atoms with Gasteiger partial charge in [-0.25, -0.2) is 5.10 Å². The van der Waals surface area contributed by atoms with Crippen molar-refractivity contribution < 1.29 is 9.53 Å². The zero-order valence-electron chi connectivity index (χ0n) is 13.0. The molecule has 1 unspecified atom stereocenters. The maximum absolute atomic E-state index is 12.6. The highest BCUT2D eigenvalue weighted by Crippen LogP contribution is 2.26. The van der Waals surface area contributed by atoms with E-state index in [2.05, 4.69) is 10.2 Å². The van der Waals surface area contributed by atoms with E-state index < -0.39 is 0 Å². The van der Waals surface area contributed by atoms with E-state index >= 15 is 0 Å². The Morgan fingerprint density at radius 2 is 2.17 bits per heavy atom. The molecule has 2 heterocycles. The number of benzene rings is 1. The molecule has 1 aromatic carbocycles. The topological polar surface area (TPSA) is 75.3 Å². The summed E-state index contributed by atoms with van der Waals surface area (Å²) in [6.07, 6.45) is 2.67. The first-order chi connectivity index (χ1) is 11.2. The van der Waals surface area contributed by atoms with Crippen molar-refractivity contribution in [1.82, 2.24) is 15.1 Å². The fraction of sp³-hybridized carbons (Fsp3) is 0.353. The summed E-state index contributed by atoms with van der Waals surface area (Å²) in [5.74, 6) is 0.701. The van der Waals surface area contributed by atoms with Crippen LogP contribution in [0.3, 0.4) is 0 Å². The highest BCUT2D eigenvalue weighted by atomic mass is 16.5. The molecule has 1 aliphatic rings. The van der Waals surface area contributed by atoms with E-state index in [4.69, 9.17) is 4.74 Å². The molecule has 1 aromatic heterocycles. The molecule has 2 aromatic rings. The predicted molar refractivity (Wildman–Crippen MR) is 85.6 cm³/mol. The van der Waals surface area contributed by atoms with E-state index in [1.54, 1.807) is 7.11 Å². The van der Waals surface area contributed by atoms with Gasteiger partial charge in [0.25, 0.3) is 11.5 Å². The second-order valence-electron chi connectivity index (χ2n) is 5.62. The van der Waals surface area contributed by atoms with Crippen molar-refractivity contribution >= 4 is 5.91 Å². The minimum Gasteiger partial charge on any atom is -0.496 e. The third kappa shape index (κ3) is 3.26. The van der Waals surface area contributed by atoms with Crippen LogP contribution in [0.1, 0.15) is 28.9 Å². The second-order valence-corrected chi connectivity index (χ2v) is 5.62. The number of aromatic amines is 1. The number of nitrogens with zero attached hydrogens (tertiary/aromatic N) is 2. The lowest BCUT2D eigenvalue weighted by atomic mass is 10.0. The first kappa shape index (κ1) is 15.3. The van der Waals surface area contributed by atoms with E-state index in [9.17, 15) is 9.59 Å². The SMILES string of the molecule is COc1ccccc1CC1CCCN1C(=O)c1ccc(=O)[nH]n1. The summed E-state index contributed by atoms with van der Waals surface area (Å²) in [4.78, 5) is 25.5. The predicted octanol–water partition coefficient (Wildman–Crippen LogP) is 1.63. The molecule has 6 heteroatoms. The van der Waals surface area contributed by atoms with E-state index in [-0.39, 0.29) is 23.2 Å². The summed E-state index contributed by atoms with van der Waals surface area (Å²) in [6, 6.07) is 10.8. The van der Waals surface area contributed by atoms with Gasteiger partial charge in [0.1, 0.15) is 11.4 Å². The highest BCUT2D eigenvalue weighted by molar-refractivity contribution is 5.92. The molecule has 1 saturated heterocycles. The monoisotopic (exact) mass is 313 g/mol. The lowest BCUT2D eigenvalue weighted by Crippen LogP contribution is -2.37. The zero-order chi connectivity index (χ0) is 16.2. The van der Waals surface area contributed by atoms with Gasteiger partial charge in [-0.05, 0) is 37.0 Å². The number of aromatic nitrogens is 2. The van der Waals surface area contributed by atoms with Crippen LogP contribution < -0.4 is 10.3 Å². The molecule has 6 nitrogen and oxygen atoms in total. The number of carbonyl (C=O) groups is 1. The molecule has 0 bridgehead atoms. The third-order valence-corrected chi connectivity index (χ3v) is 4.18. The molecule has 1 fully saturated rings. The average Bonchev–Trinajstić information content (AvgIpc) is 3.03. The van der Waals surface area contributed by atoms with Crippen LogP contribution in [0.5, 0.6) is 5.75 Å². The first-order valence-electron chi connectivity index (χ1n) is 7.67. The minimum absolute atomic E-state index is 0.118. The number of carbonyl (C=O) groups excluding carboxylic acids is 1. The molecule has 0 spiro atoms. The number of hydrogen-bond donors (Lipinski definition) is 1. The largest absolute Gasteiger partial charge is 0.496 e. The molecule has 1 amide bonds. The van der Waals surface area contributed by atoms with Gasteiger partial charge in [-0.3, -0.25) is 9.59 Å².